The third-order valence-corrected chi connectivity index (χ3v) is 5.00. The Hall–Kier alpha value is -2.69. The summed E-state index contributed by atoms with van der Waals surface area (Å²) in [6.45, 7) is 0.702. The van der Waals surface area contributed by atoms with E-state index in [1.54, 1.807) is 42.6 Å². The van der Waals surface area contributed by atoms with Gasteiger partial charge in [0.25, 0.3) is 5.91 Å². The number of carbonyl (C=O) groups excluding carboxylic acids is 1. The Balaban J connectivity index is 1.51. The molecule has 1 aliphatic rings. The van der Waals surface area contributed by atoms with E-state index in [0.717, 1.165) is 17.9 Å². The minimum Gasteiger partial charge on any atom is -0.478 e. The maximum absolute atomic E-state index is 12.2. The highest BCUT2D eigenvalue weighted by molar-refractivity contribution is 5.94. The van der Waals surface area contributed by atoms with Crippen molar-refractivity contribution >= 4 is 11.9 Å². The molecule has 1 saturated carbocycles. The lowest BCUT2D eigenvalue weighted by molar-refractivity contribution is 0.0696. The van der Waals surface area contributed by atoms with Crippen molar-refractivity contribution in [2.24, 2.45) is 5.92 Å². The molecule has 0 atom stereocenters. The molecule has 0 aliphatic heterocycles. The number of nitrogens with zero attached hydrogens (tertiary/aromatic N) is 1. The smallest absolute Gasteiger partial charge is 0.335 e. The first-order valence-corrected chi connectivity index (χ1v) is 9.21. The second-order valence-corrected chi connectivity index (χ2v) is 6.86. The number of carboxylic acid groups (broad SMARTS) is 1. The van der Waals surface area contributed by atoms with Gasteiger partial charge in [-0.3, -0.25) is 9.78 Å². The first-order chi connectivity index (χ1) is 12.6. The van der Waals surface area contributed by atoms with Gasteiger partial charge in [0, 0.05) is 18.3 Å². The number of carbonyl (C=O) groups is 2. The molecule has 26 heavy (non-hydrogen) atoms. The molecule has 1 aromatic carbocycles. The molecule has 0 radical (unpaired) electrons. The summed E-state index contributed by atoms with van der Waals surface area (Å²) in [4.78, 5) is 27.4. The lowest BCUT2D eigenvalue weighted by Crippen LogP contribution is -2.24. The van der Waals surface area contributed by atoms with E-state index in [9.17, 15) is 9.59 Å². The third kappa shape index (κ3) is 4.69. The van der Waals surface area contributed by atoms with E-state index in [4.69, 9.17) is 5.11 Å². The summed E-state index contributed by atoms with van der Waals surface area (Å²) < 4.78 is 0. The number of aromatic carboxylic acids is 1. The van der Waals surface area contributed by atoms with E-state index in [1.165, 1.54) is 32.1 Å². The van der Waals surface area contributed by atoms with Crippen LogP contribution < -0.4 is 5.32 Å². The van der Waals surface area contributed by atoms with Crippen LogP contribution in [0.1, 0.15) is 59.2 Å². The Kier molecular flexibility index (Phi) is 6.00. The molecular weight excluding hydrogens is 328 g/mol. The monoisotopic (exact) mass is 352 g/mol. The van der Waals surface area contributed by atoms with Gasteiger partial charge in [-0.25, -0.2) is 4.79 Å². The molecule has 1 amide bonds. The molecule has 136 valence electrons. The van der Waals surface area contributed by atoms with Gasteiger partial charge < -0.3 is 10.4 Å². The van der Waals surface area contributed by atoms with Crippen LogP contribution in [0, 0.1) is 5.92 Å². The van der Waals surface area contributed by atoms with E-state index in [0.29, 0.717) is 17.8 Å². The standard InChI is InChI=1S/C21H24N2O3/c24-20(22-13-3-6-15-4-1-2-5-15)18-11-12-19(23-14-18)16-7-9-17(10-8-16)21(25)26/h7-12,14-15H,1-6,13H2,(H,22,24)(H,25,26). The van der Waals surface area contributed by atoms with Crippen molar-refractivity contribution in [3.05, 3.63) is 53.7 Å². The fraction of sp³-hybridized carbons (Fsp3) is 0.381. The molecule has 2 aromatic rings. The number of hydrogen-bond donors (Lipinski definition) is 2. The van der Waals surface area contributed by atoms with Crippen LogP contribution in [0.4, 0.5) is 0 Å². The van der Waals surface area contributed by atoms with Crippen molar-refractivity contribution in [3.63, 3.8) is 0 Å². The van der Waals surface area contributed by atoms with Crippen LogP contribution in [0.3, 0.4) is 0 Å². The zero-order valence-corrected chi connectivity index (χ0v) is 14.8. The normalized spacial score (nSPS) is 14.3. The van der Waals surface area contributed by atoms with E-state index in [1.807, 2.05) is 0 Å². The van der Waals surface area contributed by atoms with E-state index < -0.39 is 5.97 Å². The Labute approximate surface area is 153 Å². The highest BCUT2D eigenvalue weighted by Gasteiger charge is 2.14. The topological polar surface area (TPSA) is 79.3 Å². The van der Waals surface area contributed by atoms with Crippen LogP contribution in [-0.2, 0) is 0 Å². The van der Waals surface area contributed by atoms with Gasteiger partial charge in [0.05, 0.1) is 16.8 Å². The number of rotatable bonds is 7. The Bertz CT molecular complexity index is 748. The molecule has 0 unspecified atom stereocenters. The summed E-state index contributed by atoms with van der Waals surface area (Å²) in [5.74, 6) is -0.207. The quantitative estimate of drug-likeness (QED) is 0.734. The number of nitrogens with one attached hydrogen (secondary N) is 1. The maximum Gasteiger partial charge on any atom is 0.335 e. The van der Waals surface area contributed by atoms with Gasteiger partial charge in [-0.1, -0.05) is 37.8 Å². The van der Waals surface area contributed by atoms with Gasteiger partial charge in [-0.05, 0) is 43.0 Å². The maximum atomic E-state index is 12.2. The molecule has 1 heterocycles. The van der Waals surface area contributed by atoms with Gasteiger partial charge in [-0.15, -0.1) is 0 Å². The number of aromatic nitrogens is 1. The summed E-state index contributed by atoms with van der Waals surface area (Å²) in [6, 6.07) is 10.1. The van der Waals surface area contributed by atoms with Crippen LogP contribution in [0.5, 0.6) is 0 Å². The fourth-order valence-electron chi connectivity index (χ4n) is 3.48. The van der Waals surface area contributed by atoms with E-state index in [-0.39, 0.29) is 11.5 Å². The van der Waals surface area contributed by atoms with Crippen LogP contribution in [-0.4, -0.2) is 28.5 Å². The molecule has 2 N–H and O–H groups in total. The van der Waals surface area contributed by atoms with Gasteiger partial charge in [-0.2, -0.15) is 0 Å². The minimum atomic E-state index is -0.954. The van der Waals surface area contributed by atoms with Crippen molar-refractivity contribution in [2.45, 2.75) is 38.5 Å². The summed E-state index contributed by atoms with van der Waals surface area (Å²) in [7, 11) is 0. The Morgan fingerprint density at radius 2 is 1.73 bits per heavy atom. The zero-order valence-electron chi connectivity index (χ0n) is 14.8. The van der Waals surface area contributed by atoms with Crippen LogP contribution in [0.15, 0.2) is 42.6 Å². The van der Waals surface area contributed by atoms with Gasteiger partial charge >= 0.3 is 5.97 Å². The number of pyridine rings is 1. The summed E-state index contributed by atoms with van der Waals surface area (Å²) in [5.41, 5.74) is 2.30. The number of benzene rings is 1. The van der Waals surface area contributed by atoms with Crippen molar-refractivity contribution in [1.29, 1.82) is 0 Å². The number of amides is 1. The SMILES string of the molecule is O=C(O)c1ccc(-c2ccc(C(=O)NCCCC3CCCC3)cn2)cc1. The second-order valence-electron chi connectivity index (χ2n) is 6.86. The second kappa shape index (κ2) is 8.61. The highest BCUT2D eigenvalue weighted by Crippen LogP contribution is 2.28. The van der Waals surface area contributed by atoms with Gasteiger partial charge in [0.2, 0.25) is 0 Å². The average molecular weight is 352 g/mol. The summed E-state index contributed by atoms with van der Waals surface area (Å²) in [5, 5.41) is 11.9. The highest BCUT2D eigenvalue weighted by atomic mass is 16.4. The van der Waals surface area contributed by atoms with Gasteiger partial charge in [0.15, 0.2) is 0 Å². The van der Waals surface area contributed by atoms with Crippen molar-refractivity contribution in [2.75, 3.05) is 6.54 Å². The lowest BCUT2D eigenvalue weighted by atomic mass is 10.0. The number of hydrogen-bond acceptors (Lipinski definition) is 3. The van der Waals surface area contributed by atoms with Crippen molar-refractivity contribution in [3.8, 4) is 11.3 Å². The van der Waals surface area contributed by atoms with Crippen LogP contribution >= 0.6 is 0 Å². The molecule has 3 rings (SSSR count). The Morgan fingerprint density at radius 3 is 2.35 bits per heavy atom. The molecule has 0 saturated heterocycles. The number of carboxylic acids is 1. The molecular formula is C21H24N2O3. The first-order valence-electron chi connectivity index (χ1n) is 9.21. The van der Waals surface area contributed by atoms with E-state index in [2.05, 4.69) is 10.3 Å². The third-order valence-electron chi connectivity index (χ3n) is 5.00. The minimum absolute atomic E-state index is 0.100. The molecule has 1 aromatic heterocycles. The summed E-state index contributed by atoms with van der Waals surface area (Å²) >= 11 is 0. The fourth-order valence-corrected chi connectivity index (χ4v) is 3.48. The molecule has 1 fully saturated rings. The Morgan fingerprint density at radius 1 is 1.04 bits per heavy atom. The molecule has 5 nitrogen and oxygen atoms in total. The lowest BCUT2D eigenvalue weighted by Gasteiger charge is -2.09. The molecule has 5 heteroatoms. The molecule has 0 bridgehead atoms. The summed E-state index contributed by atoms with van der Waals surface area (Å²) in [6.07, 6.45) is 9.18. The van der Waals surface area contributed by atoms with Crippen molar-refractivity contribution < 1.29 is 14.7 Å². The predicted octanol–water partition coefficient (Wildman–Crippen LogP) is 4.15. The van der Waals surface area contributed by atoms with Gasteiger partial charge in [0.1, 0.15) is 0 Å². The van der Waals surface area contributed by atoms with E-state index >= 15 is 0 Å². The predicted molar refractivity (Wildman–Crippen MR) is 100 cm³/mol. The average Bonchev–Trinajstić information content (AvgIpc) is 3.19. The molecule has 0 spiro atoms. The van der Waals surface area contributed by atoms with Crippen LogP contribution in [0.25, 0.3) is 11.3 Å². The zero-order chi connectivity index (χ0) is 18.4. The van der Waals surface area contributed by atoms with Crippen LogP contribution in [0.2, 0.25) is 0 Å². The van der Waals surface area contributed by atoms with Crippen molar-refractivity contribution in [1.82, 2.24) is 10.3 Å². The first kappa shape index (κ1) is 18.1. The molecule has 1 aliphatic carbocycles. The largest absolute Gasteiger partial charge is 0.478 e.